The molecule has 0 aliphatic carbocycles. The highest BCUT2D eigenvalue weighted by molar-refractivity contribution is 7.99. The maximum Gasteiger partial charge on any atom is 0.184 e. The quantitative estimate of drug-likeness (QED) is 0.774. The first-order valence-corrected chi connectivity index (χ1v) is 8.79. The van der Waals surface area contributed by atoms with Crippen molar-refractivity contribution in [2.24, 2.45) is 0 Å². The van der Waals surface area contributed by atoms with E-state index in [4.69, 9.17) is 11.6 Å². The van der Waals surface area contributed by atoms with Crippen molar-refractivity contribution in [3.63, 3.8) is 0 Å². The number of alkyl halides is 1. The summed E-state index contributed by atoms with van der Waals surface area (Å²) in [5, 5.41) is 0.438. The van der Waals surface area contributed by atoms with E-state index in [0.717, 1.165) is 24.1 Å². The molecule has 21 heavy (non-hydrogen) atoms. The van der Waals surface area contributed by atoms with Gasteiger partial charge in [-0.3, -0.25) is 0 Å². The van der Waals surface area contributed by atoms with Gasteiger partial charge in [0.15, 0.2) is 11.6 Å². The van der Waals surface area contributed by atoms with Crippen LogP contribution >= 0.6 is 23.4 Å². The van der Waals surface area contributed by atoms with Crippen molar-refractivity contribution in [2.45, 2.75) is 37.5 Å². The SMILES string of the molecule is Fc1ccc2nc(CCCl)n(CC3CCCCS3)c2c1F. The van der Waals surface area contributed by atoms with Gasteiger partial charge in [0.2, 0.25) is 0 Å². The van der Waals surface area contributed by atoms with Crippen LogP contribution in [0.5, 0.6) is 0 Å². The average Bonchev–Trinajstić information content (AvgIpc) is 2.83. The van der Waals surface area contributed by atoms with E-state index in [1.165, 1.54) is 18.9 Å². The molecule has 3 rings (SSSR count). The minimum absolute atomic E-state index is 0.279. The van der Waals surface area contributed by atoms with Gasteiger partial charge in [-0.25, -0.2) is 13.8 Å². The van der Waals surface area contributed by atoms with Crippen LogP contribution in [-0.4, -0.2) is 26.4 Å². The van der Waals surface area contributed by atoms with Gasteiger partial charge in [-0.15, -0.1) is 11.6 Å². The molecule has 2 aromatic rings. The van der Waals surface area contributed by atoms with Crippen molar-refractivity contribution in [1.29, 1.82) is 0 Å². The van der Waals surface area contributed by atoms with Crippen molar-refractivity contribution in [1.82, 2.24) is 9.55 Å². The zero-order valence-electron chi connectivity index (χ0n) is 11.6. The van der Waals surface area contributed by atoms with Crippen LogP contribution in [0, 0.1) is 11.6 Å². The number of aryl methyl sites for hydroxylation is 1. The third-order valence-electron chi connectivity index (χ3n) is 3.86. The summed E-state index contributed by atoms with van der Waals surface area (Å²) in [4.78, 5) is 4.43. The Hall–Kier alpha value is -0.810. The van der Waals surface area contributed by atoms with Crippen molar-refractivity contribution >= 4 is 34.4 Å². The Kier molecular flexibility index (Phi) is 4.69. The first-order valence-electron chi connectivity index (χ1n) is 7.21. The normalized spacial score (nSPS) is 19.3. The summed E-state index contributed by atoms with van der Waals surface area (Å²) in [7, 11) is 0. The monoisotopic (exact) mass is 330 g/mol. The molecule has 6 heteroatoms. The molecule has 1 unspecified atom stereocenters. The average molecular weight is 331 g/mol. The van der Waals surface area contributed by atoms with Crippen LogP contribution in [0.4, 0.5) is 8.78 Å². The number of nitrogens with zero attached hydrogens (tertiary/aromatic N) is 2. The molecule has 2 heterocycles. The topological polar surface area (TPSA) is 17.8 Å². The van der Waals surface area contributed by atoms with Gasteiger partial charge in [0, 0.05) is 24.1 Å². The maximum atomic E-state index is 14.2. The highest BCUT2D eigenvalue weighted by Crippen LogP contribution is 2.29. The second-order valence-electron chi connectivity index (χ2n) is 5.30. The van der Waals surface area contributed by atoms with E-state index in [2.05, 4.69) is 4.98 Å². The molecule has 2 nitrogen and oxygen atoms in total. The Balaban J connectivity index is 2.03. The molecule has 1 fully saturated rings. The lowest BCUT2D eigenvalue weighted by molar-refractivity contribution is 0.507. The maximum absolute atomic E-state index is 14.2. The zero-order valence-corrected chi connectivity index (χ0v) is 13.2. The molecule has 0 bridgehead atoms. The van der Waals surface area contributed by atoms with E-state index >= 15 is 0 Å². The van der Waals surface area contributed by atoms with E-state index < -0.39 is 11.6 Å². The number of rotatable bonds is 4. The summed E-state index contributed by atoms with van der Waals surface area (Å²) in [5.41, 5.74) is 0.788. The van der Waals surface area contributed by atoms with Crippen LogP contribution in [0.3, 0.4) is 0 Å². The number of imidazole rings is 1. The lowest BCUT2D eigenvalue weighted by Crippen LogP contribution is -2.19. The number of hydrogen-bond donors (Lipinski definition) is 0. The number of hydrogen-bond acceptors (Lipinski definition) is 2. The van der Waals surface area contributed by atoms with Gasteiger partial charge in [-0.1, -0.05) is 6.42 Å². The molecule has 0 amide bonds. The summed E-state index contributed by atoms with van der Waals surface area (Å²) in [6.07, 6.45) is 4.12. The van der Waals surface area contributed by atoms with Crippen LogP contribution in [0.2, 0.25) is 0 Å². The first kappa shape index (κ1) is 15.1. The van der Waals surface area contributed by atoms with Crippen molar-refractivity contribution in [2.75, 3.05) is 11.6 Å². The minimum Gasteiger partial charge on any atom is -0.324 e. The predicted molar refractivity (Wildman–Crippen MR) is 84.2 cm³/mol. The number of benzene rings is 1. The lowest BCUT2D eigenvalue weighted by atomic mass is 10.2. The fourth-order valence-corrected chi connectivity index (χ4v) is 4.29. The van der Waals surface area contributed by atoms with Crippen LogP contribution in [0.25, 0.3) is 11.0 Å². The van der Waals surface area contributed by atoms with Crippen LogP contribution in [-0.2, 0) is 13.0 Å². The minimum atomic E-state index is -0.822. The van der Waals surface area contributed by atoms with Crippen LogP contribution in [0.1, 0.15) is 25.1 Å². The fraction of sp³-hybridized carbons (Fsp3) is 0.533. The van der Waals surface area contributed by atoms with Gasteiger partial charge in [0.25, 0.3) is 0 Å². The summed E-state index contributed by atoms with van der Waals surface area (Å²) in [6, 6.07) is 2.67. The molecule has 0 radical (unpaired) electrons. The summed E-state index contributed by atoms with van der Waals surface area (Å²) < 4.78 is 29.6. The molecule has 1 atom stereocenters. The number of aromatic nitrogens is 2. The summed E-state index contributed by atoms with van der Waals surface area (Å²) in [5.74, 6) is 0.680. The molecule has 1 aromatic carbocycles. The van der Waals surface area contributed by atoms with Gasteiger partial charge in [-0.2, -0.15) is 11.8 Å². The lowest BCUT2D eigenvalue weighted by Gasteiger charge is -2.23. The molecule has 114 valence electrons. The van der Waals surface area contributed by atoms with Crippen LogP contribution < -0.4 is 0 Å². The molecular formula is C15H17ClF2N2S. The molecule has 1 aliphatic heterocycles. The van der Waals surface area contributed by atoms with Gasteiger partial charge in [0.05, 0.1) is 5.52 Å². The standard InChI is InChI=1S/C15H17ClF2N2S/c16-7-6-13-19-12-5-4-11(17)14(18)15(12)20(13)9-10-3-1-2-8-21-10/h4-5,10H,1-3,6-9H2. The number of thioether (sulfide) groups is 1. The van der Waals surface area contributed by atoms with Gasteiger partial charge >= 0.3 is 0 Å². The predicted octanol–water partition coefficient (Wildman–Crippen LogP) is 4.38. The Morgan fingerprint density at radius 2 is 2.19 bits per heavy atom. The van der Waals surface area contributed by atoms with Gasteiger partial charge in [-0.05, 0) is 30.7 Å². The highest BCUT2D eigenvalue weighted by Gasteiger charge is 2.21. The van der Waals surface area contributed by atoms with E-state index in [1.54, 1.807) is 0 Å². The van der Waals surface area contributed by atoms with Crippen molar-refractivity contribution < 1.29 is 8.78 Å². The van der Waals surface area contributed by atoms with E-state index in [9.17, 15) is 8.78 Å². The summed E-state index contributed by atoms with van der Waals surface area (Å²) >= 11 is 7.73. The fourth-order valence-electron chi connectivity index (χ4n) is 2.83. The Morgan fingerprint density at radius 3 is 2.90 bits per heavy atom. The van der Waals surface area contributed by atoms with Gasteiger partial charge in [0.1, 0.15) is 11.3 Å². The third kappa shape index (κ3) is 3.04. The molecule has 0 spiro atoms. The van der Waals surface area contributed by atoms with Gasteiger partial charge < -0.3 is 4.57 Å². The van der Waals surface area contributed by atoms with Crippen LogP contribution in [0.15, 0.2) is 12.1 Å². The molecule has 1 aliphatic rings. The number of fused-ring (bicyclic) bond motifs is 1. The smallest absolute Gasteiger partial charge is 0.184 e. The second kappa shape index (κ2) is 6.53. The summed E-state index contributed by atoms with van der Waals surface area (Å²) in [6.45, 7) is 0.674. The van der Waals surface area contributed by atoms with Crippen molar-refractivity contribution in [3.8, 4) is 0 Å². The van der Waals surface area contributed by atoms with E-state index in [1.807, 2.05) is 16.3 Å². The van der Waals surface area contributed by atoms with E-state index in [0.29, 0.717) is 29.6 Å². The largest absolute Gasteiger partial charge is 0.324 e. The molecule has 0 N–H and O–H groups in total. The highest BCUT2D eigenvalue weighted by atomic mass is 35.5. The molecule has 0 saturated carbocycles. The molecule has 1 saturated heterocycles. The molecule has 1 aromatic heterocycles. The zero-order chi connectivity index (χ0) is 14.8. The number of halogens is 3. The second-order valence-corrected chi connectivity index (χ2v) is 7.08. The van der Waals surface area contributed by atoms with Crippen molar-refractivity contribution in [3.05, 3.63) is 29.6 Å². The van der Waals surface area contributed by atoms with E-state index in [-0.39, 0.29) is 5.52 Å². The first-order chi connectivity index (χ1) is 10.2. The Labute approximate surface area is 131 Å². The molecular weight excluding hydrogens is 314 g/mol. The third-order valence-corrected chi connectivity index (χ3v) is 5.43. The Bertz CT molecular complexity index is 638. The Morgan fingerprint density at radius 1 is 1.33 bits per heavy atom.